The van der Waals surface area contributed by atoms with Crippen LogP contribution in [-0.2, 0) is 0 Å². The van der Waals surface area contributed by atoms with Gasteiger partial charge in [0, 0.05) is 6.07 Å². The summed E-state index contributed by atoms with van der Waals surface area (Å²) in [5.41, 5.74) is 6.34. The number of rotatable bonds is 1. The summed E-state index contributed by atoms with van der Waals surface area (Å²) >= 11 is 0. The number of furan rings is 1. The maximum atomic E-state index is 5.29. The molecule has 0 fully saturated rings. The summed E-state index contributed by atoms with van der Waals surface area (Å²) in [6.07, 6.45) is 3.19. The number of H-pyrrole nitrogens is 3. The summed E-state index contributed by atoms with van der Waals surface area (Å²) in [5, 5.41) is 0. The molecule has 0 aliphatic heterocycles. The first-order valence-electron chi connectivity index (χ1n) is 7.28. The molecule has 0 saturated carbocycles. The minimum absolute atomic E-state index is 0.502. The molecule has 0 aliphatic carbocycles. The third kappa shape index (κ3) is 1.50. The van der Waals surface area contributed by atoms with E-state index in [1.54, 1.807) is 18.7 Å². The van der Waals surface area contributed by atoms with Crippen molar-refractivity contribution in [2.24, 2.45) is 0 Å². The first-order valence-corrected chi connectivity index (χ1v) is 7.28. The second-order valence-electron chi connectivity index (χ2n) is 5.47. The highest BCUT2D eigenvalue weighted by Gasteiger charge is 2.13. The minimum Gasteiger partial charge on any atom is -0.445 e. The van der Waals surface area contributed by atoms with E-state index >= 15 is 0 Å². The van der Waals surface area contributed by atoms with Gasteiger partial charge in [0.15, 0.2) is 22.8 Å². The average molecular weight is 316 g/mol. The lowest BCUT2D eigenvalue weighted by Crippen LogP contribution is -1.82. The smallest absolute Gasteiger partial charge is 0.247 e. The van der Waals surface area contributed by atoms with Crippen LogP contribution < -0.4 is 0 Å². The summed E-state index contributed by atoms with van der Waals surface area (Å²) in [5.74, 6) is 0.668. The average Bonchev–Trinajstić information content (AvgIpc) is 3.33. The van der Waals surface area contributed by atoms with Crippen LogP contribution >= 0.6 is 0 Å². The van der Waals surface area contributed by atoms with E-state index in [0.717, 1.165) is 27.8 Å². The molecule has 0 aromatic carbocycles. The minimum atomic E-state index is 0.502. The third-order valence-electron chi connectivity index (χ3n) is 3.97. The highest BCUT2D eigenvalue weighted by atomic mass is 16.3. The van der Waals surface area contributed by atoms with E-state index in [0.29, 0.717) is 28.5 Å². The Labute approximate surface area is 132 Å². The Morgan fingerprint density at radius 2 is 1.88 bits per heavy atom. The maximum Gasteiger partial charge on any atom is 0.247 e. The summed E-state index contributed by atoms with van der Waals surface area (Å²) in [6.45, 7) is 0. The van der Waals surface area contributed by atoms with E-state index in [-0.39, 0.29) is 0 Å². The van der Waals surface area contributed by atoms with Crippen LogP contribution in [-0.4, -0.2) is 39.9 Å². The summed E-state index contributed by atoms with van der Waals surface area (Å²) in [6, 6.07) is 5.62. The molecule has 6 aromatic rings. The molecule has 0 atom stereocenters. The van der Waals surface area contributed by atoms with Gasteiger partial charge in [-0.2, -0.15) is 4.98 Å². The van der Waals surface area contributed by atoms with Crippen LogP contribution in [0.4, 0.5) is 0 Å². The van der Waals surface area contributed by atoms with Gasteiger partial charge in [-0.05, 0) is 12.1 Å². The fourth-order valence-corrected chi connectivity index (χ4v) is 2.85. The second kappa shape index (κ2) is 3.96. The SMILES string of the molecule is c1nc2nc3nc(-c4cc5nc6ccoc6nc5[nH]4)[nH]c3cc2[nH]1. The Morgan fingerprint density at radius 3 is 2.88 bits per heavy atom. The van der Waals surface area contributed by atoms with Crippen molar-refractivity contribution in [1.82, 2.24) is 39.9 Å². The molecule has 0 amide bonds. The lowest BCUT2D eigenvalue weighted by atomic mass is 10.4. The van der Waals surface area contributed by atoms with E-state index in [1.807, 2.05) is 12.1 Å². The Bertz CT molecular complexity index is 1170. The molecule has 0 spiro atoms. The normalized spacial score (nSPS) is 12.2. The van der Waals surface area contributed by atoms with Gasteiger partial charge in [0.1, 0.15) is 11.0 Å². The Balaban J connectivity index is 1.58. The van der Waals surface area contributed by atoms with Crippen molar-refractivity contribution in [2.45, 2.75) is 0 Å². The van der Waals surface area contributed by atoms with Gasteiger partial charge in [0.2, 0.25) is 5.71 Å². The van der Waals surface area contributed by atoms with Crippen molar-refractivity contribution >= 4 is 44.7 Å². The van der Waals surface area contributed by atoms with Gasteiger partial charge in [-0.3, -0.25) is 0 Å². The van der Waals surface area contributed by atoms with Crippen molar-refractivity contribution < 1.29 is 4.42 Å². The highest BCUT2D eigenvalue weighted by Crippen LogP contribution is 2.24. The van der Waals surface area contributed by atoms with Crippen molar-refractivity contribution in [3.63, 3.8) is 0 Å². The van der Waals surface area contributed by atoms with E-state index in [9.17, 15) is 0 Å². The Kier molecular flexibility index (Phi) is 1.94. The van der Waals surface area contributed by atoms with Crippen LogP contribution in [0.1, 0.15) is 0 Å². The predicted octanol–water partition coefficient (Wildman–Crippen LogP) is 2.52. The van der Waals surface area contributed by atoms with Crippen molar-refractivity contribution in [2.75, 3.05) is 0 Å². The molecule has 6 heterocycles. The Hall–Kier alpha value is -3.75. The van der Waals surface area contributed by atoms with E-state index < -0.39 is 0 Å². The number of hydrogen-bond donors (Lipinski definition) is 3. The fraction of sp³-hybridized carbons (Fsp3) is 0. The number of aromatic nitrogens is 8. The van der Waals surface area contributed by atoms with Gasteiger partial charge in [0.25, 0.3) is 0 Å². The molecular weight excluding hydrogens is 308 g/mol. The summed E-state index contributed by atoms with van der Waals surface area (Å²) < 4.78 is 5.29. The van der Waals surface area contributed by atoms with Crippen molar-refractivity contribution in [1.29, 1.82) is 0 Å². The van der Waals surface area contributed by atoms with Crippen LogP contribution in [0.25, 0.3) is 56.2 Å². The standard InChI is InChI=1S/C15H8N8O/c1-2-24-15-6(1)18-8-4-10(20-13(8)23-15)12-19-9-3-7-11(17-5-16-7)21-14(9)22-12/h1-5H,(H,20,23)(H2,16,17,19,21,22). The van der Waals surface area contributed by atoms with Crippen LogP contribution in [0.15, 0.2) is 35.2 Å². The Morgan fingerprint density at radius 1 is 0.875 bits per heavy atom. The van der Waals surface area contributed by atoms with Gasteiger partial charge < -0.3 is 19.4 Å². The first-order chi connectivity index (χ1) is 11.8. The van der Waals surface area contributed by atoms with Gasteiger partial charge >= 0.3 is 0 Å². The summed E-state index contributed by atoms with van der Waals surface area (Å²) in [7, 11) is 0. The number of fused-ring (bicyclic) bond motifs is 4. The molecule has 3 N–H and O–H groups in total. The molecule has 24 heavy (non-hydrogen) atoms. The quantitative estimate of drug-likeness (QED) is 0.428. The topological polar surface area (TPSA) is 125 Å². The monoisotopic (exact) mass is 316 g/mol. The number of nitrogens with one attached hydrogen (secondary N) is 3. The molecular formula is C15H8N8O. The molecule has 9 heteroatoms. The van der Waals surface area contributed by atoms with Gasteiger partial charge in [-0.25, -0.2) is 19.9 Å². The lowest BCUT2D eigenvalue weighted by Gasteiger charge is -1.88. The molecule has 6 aromatic heterocycles. The van der Waals surface area contributed by atoms with Gasteiger partial charge in [-0.15, -0.1) is 0 Å². The van der Waals surface area contributed by atoms with E-state index in [4.69, 9.17) is 4.42 Å². The number of nitrogens with zero attached hydrogens (tertiary/aromatic N) is 5. The number of imidazole rings is 2. The van der Waals surface area contributed by atoms with Crippen LogP contribution in [0.2, 0.25) is 0 Å². The van der Waals surface area contributed by atoms with Gasteiger partial charge in [-0.1, -0.05) is 0 Å². The zero-order chi connectivity index (χ0) is 15.7. The molecule has 0 unspecified atom stereocenters. The van der Waals surface area contributed by atoms with Crippen molar-refractivity contribution in [3.05, 3.63) is 30.8 Å². The van der Waals surface area contributed by atoms with E-state index in [1.165, 1.54) is 0 Å². The molecule has 0 bridgehead atoms. The fourth-order valence-electron chi connectivity index (χ4n) is 2.85. The number of aromatic amines is 3. The molecule has 114 valence electrons. The highest BCUT2D eigenvalue weighted by molar-refractivity contribution is 5.89. The van der Waals surface area contributed by atoms with Crippen LogP contribution in [0.5, 0.6) is 0 Å². The maximum absolute atomic E-state index is 5.29. The zero-order valence-corrected chi connectivity index (χ0v) is 12.0. The largest absolute Gasteiger partial charge is 0.445 e. The van der Waals surface area contributed by atoms with Crippen LogP contribution in [0.3, 0.4) is 0 Å². The van der Waals surface area contributed by atoms with E-state index in [2.05, 4.69) is 39.9 Å². The number of hydrogen-bond acceptors (Lipinski definition) is 6. The van der Waals surface area contributed by atoms with Crippen molar-refractivity contribution in [3.8, 4) is 11.5 Å². The predicted molar refractivity (Wildman–Crippen MR) is 86.2 cm³/mol. The zero-order valence-electron chi connectivity index (χ0n) is 12.0. The lowest BCUT2D eigenvalue weighted by molar-refractivity contribution is 0.604. The molecule has 6 rings (SSSR count). The second-order valence-corrected chi connectivity index (χ2v) is 5.47. The molecule has 0 aliphatic rings. The number of pyridine rings is 1. The molecule has 0 saturated heterocycles. The first kappa shape index (κ1) is 11.8. The van der Waals surface area contributed by atoms with Gasteiger partial charge in [0.05, 0.1) is 29.3 Å². The molecule has 0 radical (unpaired) electrons. The summed E-state index contributed by atoms with van der Waals surface area (Å²) in [4.78, 5) is 31.6. The van der Waals surface area contributed by atoms with Crippen LogP contribution in [0, 0.1) is 0 Å². The molecule has 9 nitrogen and oxygen atoms in total. The third-order valence-corrected chi connectivity index (χ3v) is 3.97.